The van der Waals surface area contributed by atoms with Crippen LogP contribution in [0.3, 0.4) is 0 Å². The lowest BCUT2D eigenvalue weighted by Crippen LogP contribution is -2.38. The Morgan fingerprint density at radius 3 is 2.33 bits per heavy atom. The third kappa shape index (κ3) is 5.53. The van der Waals surface area contributed by atoms with Gasteiger partial charge in [0.25, 0.3) is 0 Å². The summed E-state index contributed by atoms with van der Waals surface area (Å²) in [5.74, 6) is 0. The van der Waals surface area contributed by atoms with E-state index in [0.29, 0.717) is 11.5 Å². The van der Waals surface area contributed by atoms with Crippen LogP contribution in [0, 0.1) is 5.41 Å². The Bertz CT molecular complexity index is 160. The van der Waals surface area contributed by atoms with Crippen molar-refractivity contribution in [3.8, 4) is 0 Å². The van der Waals surface area contributed by atoms with Gasteiger partial charge >= 0.3 is 0 Å². The molecule has 0 aliphatic heterocycles. The number of rotatable bonds is 6. The molecule has 0 aromatic heterocycles. The summed E-state index contributed by atoms with van der Waals surface area (Å²) < 4.78 is 0. The molecule has 2 N–H and O–H groups in total. The van der Waals surface area contributed by atoms with E-state index in [4.69, 9.17) is 0 Å². The molecule has 0 spiro atoms. The van der Waals surface area contributed by atoms with Crippen molar-refractivity contribution in [1.29, 1.82) is 0 Å². The summed E-state index contributed by atoms with van der Waals surface area (Å²) in [5, 5.41) is 7.02. The molecule has 0 aromatic carbocycles. The Hall–Kier alpha value is -0.0800. The molecule has 0 aromatic rings. The summed E-state index contributed by atoms with van der Waals surface area (Å²) in [5.41, 5.74) is 0.579. The standard InChI is InChI=1S/C13H28N2/c1-12(2)15-10-9-14-11-13(3)7-5-4-6-8-13/h12,14-15H,4-11H2,1-3H3. The second-order valence-electron chi connectivity index (χ2n) is 5.66. The summed E-state index contributed by atoms with van der Waals surface area (Å²) in [6.07, 6.45) is 7.14. The molecule has 0 saturated heterocycles. The Morgan fingerprint density at radius 2 is 1.73 bits per heavy atom. The summed E-state index contributed by atoms with van der Waals surface area (Å²) in [6.45, 7) is 10.2. The zero-order chi connectivity index (χ0) is 11.1. The van der Waals surface area contributed by atoms with Gasteiger partial charge in [0.2, 0.25) is 0 Å². The van der Waals surface area contributed by atoms with E-state index >= 15 is 0 Å². The molecule has 15 heavy (non-hydrogen) atoms. The van der Waals surface area contributed by atoms with Crippen molar-refractivity contribution < 1.29 is 0 Å². The summed E-state index contributed by atoms with van der Waals surface area (Å²) in [6, 6.07) is 0.608. The molecule has 0 radical (unpaired) electrons. The zero-order valence-electron chi connectivity index (χ0n) is 10.7. The average Bonchev–Trinajstić information content (AvgIpc) is 2.17. The molecule has 1 aliphatic rings. The Balaban J connectivity index is 2.03. The van der Waals surface area contributed by atoms with Gasteiger partial charge in [-0.15, -0.1) is 0 Å². The van der Waals surface area contributed by atoms with Crippen molar-refractivity contribution in [3.63, 3.8) is 0 Å². The van der Waals surface area contributed by atoms with Crippen LogP contribution in [0.1, 0.15) is 52.9 Å². The molecule has 2 heteroatoms. The monoisotopic (exact) mass is 212 g/mol. The molecule has 1 aliphatic carbocycles. The minimum absolute atomic E-state index is 0.579. The topological polar surface area (TPSA) is 24.1 Å². The van der Waals surface area contributed by atoms with Gasteiger partial charge in [-0.1, -0.05) is 40.0 Å². The van der Waals surface area contributed by atoms with Crippen LogP contribution >= 0.6 is 0 Å². The fourth-order valence-corrected chi connectivity index (χ4v) is 2.42. The van der Waals surface area contributed by atoms with E-state index in [1.54, 1.807) is 0 Å². The summed E-state index contributed by atoms with van der Waals surface area (Å²) >= 11 is 0. The molecule has 1 fully saturated rings. The third-order valence-electron chi connectivity index (χ3n) is 3.47. The van der Waals surface area contributed by atoms with Crippen LogP contribution in [-0.4, -0.2) is 25.7 Å². The Kier molecular flexibility index (Phi) is 5.62. The number of hydrogen-bond acceptors (Lipinski definition) is 2. The van der Waals surface area contributed by atoms with Crippen molar-refractivity contribution in [2.24, 2.45) is 5.41 Å². The van der Waals surface area contributed by atoms with Crippen LogP contribution in [0.15, 0.2) is 0 Å². The third-order valence-corrected chi connectivity index (χ3v) is 3.47. The lowest BCUT2D eigenvalue weighted by molar-refractivity contribution is 0.208. The Morgan fingerprint density at radius 1 is 1.07 bits per heavy atom. The first-order valence-electron chi connectivity index (χ1n) is 6.56. The van der Waals surface area contributed by atoms with Gasteiger partial charge < -0.3 is 10.6 Å². The molecule has 1 saturated carbocycles. The highest BCUT2D eigenvalue weighted by molar-refractivity contribution is 4.80. The second kappa shape index (κ2) is 6.49. The molecular weight excluding hydrogens is 184 g/mol. The van der Waals surface area contributed by atoms with Gasteiger partial charge in [0.15, 0.2) is 0 Å². The van der Waals surface area contributed by atoms with Gasteiger partial charge in [0.05, 0.1) is 0 Å². The maximum Gasteiger partial charge on any atom is 0.00790 e. The maximum atomic E-state index is 3.59. The molecule has 0 heterocycles. The van der Waals surface area contributed by atoms with Crippen molar-refractivity contribution in [1.82, 2.24) is 10.6 Å². The highest BCUT2D eigenvalue weighted by Gasteiger charge is 2.25. The largest absolute Gasteiger partial charge is 0.315 e. The predicted molar refractivity (Wildman–Crippen MR) is 67.2 cm³/mol. The van der Waals surface area contributed by atoms with Crippen molar-refractivity contribution >= 4 is 0 Å². The quantitative estimate of drug-likeness (QED) is 0.661. The van der Waals surface area contributed by atoms with Crippen molar-refractivity contribution in [2.75, 3.05) is 19.6 Å². The van der Waals surface area contributed by atoms with E-state index < -0.39 is 0 Å². The van der Waals surface area contributed by atoms with Gasteiger partial charge in [-0.2, -0.15) is 0 Å². The maximum absolute atomic E-state index is 3.59. The zero-order valence-corrected chi connectivity index (χ0v) is 10.7. The van der Waals surface area contributed by atoms with E-state index in [2.05, 4.69) is 31.4 Å². The predicted octanol–water partition coefficient (Wildman–Crippen LogP) is 2.54. The fraction of sp³-hybridized carbons (Fsp3) is 1.00. The minimum atomic E-state index is 0.579. The highest BCUT2D eigenvalue weighted by atomic mass is 15.0. The molecule has 0 bridgehead atoms. The molecule has 2 nitrogen and oxygen atoms in total. The molecule has 0 amide bonds. The molecule has 1 rings (SSSR count). The van der Waals surface area contributed by atoms with Crippen LogP contribution < -0.4 is 10.6 Å². The van der Waals surface area contributed by atoms with E-state index in [1.807, 2.05) is 0 Å². The van der Waals surface area contributed by atoms with Gasteiger partial charge in [-0.25, -0.2) is 0 Å². The van der Waals surface area contributed by atoms with Crippen LogP contribution in [0.2, 0.25) is 0 Å². The number of nitrogens with one attached hydrogen (secondary N) is 2. The van der Waals surface area contributed by atoms with Crippen molar-refractivity contribution in [3.05, 3.63) is 0 Å². The van der Waals surface area contributed by atoms with Gasteiger partial charge in [0.1, 0.15) is 0 Å². The molecular formula is C13H28N2. The van der Waals surface area contributed by atoms with E-state index in [1.165, 1.54) is 38.6 Å². The normalized spacial score (nSPS) is 20.8. The van der Waals surface area contributed by atoms with Crippen LogP contribution in [0.4, 0.5) is 0 Å². The molecule has 90 valence electrons. The molecule has 0 atom stereocenters. The van der Waals surface area contributed by atoms with Gasteiger partial charge in [0, 0.05) is 25.7 Å². The smallest absolute Gasteiger partial charge is 0.00790 e. The Labute approximate surface area is 95.2 Å². The van der Waals surface area contributed by atoms with Gasteiger partial charge in [-0.3, -0.25) is 0 Å². The minimum Gasteiger partial charge on any atom is -0.315 e. The summed E-state index contributed by atoms with van der Waals surface area (Å²) in [4.78, 5) is 0. The van der Waals surface area contributed by atoms with E-state index in [0.717, 1.165) is 13.1 Å². The lowest BCUT2D eigenvalue weighted by Gasteiger charge is -2.33. The van der Waals surface area contributed by atoms with E-state index in [-0.39, 0.29) is 0 Å². The van der Waals surface area contributed by atoms with Crippen LogP contribution in [0.25, 0.3) is 0 Å². The lowest BCUT2D eigenvalue weighted by atomic mass is 9.76. The van der Waals surface area contributed by atoms with Gasteiger partial charge in [-0.05, 0) is 18.3 Å². The van der Waals surface area contributed by atoms with Crippen LogP contribution in [0.5, 0.6) is 0 Å². The number of hydrogen-bond donors (Lipinski definition) is 2. The average molecular weight is 212 g/mol. The van der Waals surface area contributed by atoms with Crippen molar-refractivity contribution in [2.45, 2.75) is 58.9 Å². The first-order valence-corrected chi connectivity index (χ1v) is 6.56. The summed E-state index contributed by atoms with van der Waals surface area (Å²) in [7, 11) is 0. The fourth-order valence-electron chi connectivity index (χ4n) is 2.42. The molecule has 0 unspecified atom stereocenters. The first kappa shape index (κ1) is 13.0. The second-order valence-corrected chi connectivity index (χ2v) is 5.66. The SMILES string of the molecule is CC(C)NCCNCC1(C)CCCCC1. The van der Waals surface area contributed by atoms with E-state index in [9.17, 15) is 0 Å². The highest BCUT2D eigenvalue weighted by Crippen LogP contribution is 2.34. The van der Waals surface area contributed by atoms with Crippen LogP contribution in [-0.2, 0) is 0 Å². The first-order chi connectivity index (χ1) is 7.12.